The van der Waals surface area contributed by atoms with Crippen LogP contribution in [-0.4, -0.2) is 24.9 Å². The van der Waals surface area contributed by atoms with Gasteiger partial charge in [0.2, 0.25) is 0 Å². The summed E-state index contributed by atoms with van der Waals surface area (Å²) in [5, 5.41) is 14.2. The van der Waals surface area contributed by atoms with E-state index in [-0.39, 0.29) is 0 Å². The third-order valence-corrected chi connectivity index (χ3v) is 2.92. The fourth-order valence-electron chi connectivity index (χ4n) is 1.75. The molecule has 2 N–H and O–H groups in total. The average molecular weight is 296 g/mol. The molecule has 0 atom stereocenters. The largest absolute Gasteiger partial charge is 0.332 e. The van der Waals surface area contributed by atoms with Crippen molar-refractivity contribution in [2.24, 2.45) is 0 Å². The van der Waals surface area contributed by atoms with Gasteiger partial charge in [-0.3, -0.25) is 4.57 Å². The van der Waals surface area contributed by atoms with Crippen molar-refractivity contribution in [3.63, 3.8) is 0 Å². The summed E-state index contributed by atoms with van der Waals surface area (Å²) in [6, 6.07) is 13.5. The molecule has 104 valence electrons. The smallest absolute Gasteiger partial charge is 0.175 e. The Balaban J connectivity index is 1.64. The monoisotopic (exact) mass is 296 g/mol. The Hall–Kier alpha value is -2.80. The molecule has 0 amide bonds. The molecule has 0 radical (unpaired) electrons. The van der Waals surface area contributed by atoms with E-state index in [1.165, 1.54) is 0 Å². The molecular formula is C14H12N6S. The first-order valence-electron chi connectivity index (χ1n) is 6.25. The topological polar surface area (TPSA) is 67.7 Å². The fraction of sp³-hybridized carbons (Fsp3) is 0. The van der Waals surface area contributed by atoms with E-state index >= 15 is 0 Å². The SMILES string of the molecule is S=C(Nc1ccccc1)Nc1ccc(-n2cnnc2)nc1. The van der Waals surface area contributed by atoms with Crippen molar-refractivity contribution >= 4 is 28.7 Å². The van der Waals surface area contributed by atoms with Gasteiger partial charge in [0.1, 0.15) is 18.5 Å². The summed E-state index contributed by atoms with van der Waals surface area (Å²) in [6.45, 7) is 0. The van der Waals surface area contributed by atoms with Gasteiger partial charge >= 0.3 is 0 Å². The van der Waals surface area contributed by atoms with Crippen LogP contribution in [0.5, 0.6) is 0 Å². The van der Waals surface area contributed by atoms with Crippen LogP contribution in [0.25, 0.3) is 5.82 Å². The normalized spacial score (nSPS) is 10.1. The number of pyridine rings is 1. The Morgan fingerprint density at radius 1 is 0.905 bits per heavy atom. The molecule has 0 aliphatic heterocycles. The zero-order valence-electron chi connectivity index (χ0n) is 11.0. The molecule has 7 heteroatoms. The van der Waals surface area contributed by atoms with Crippen molar-refractivity contribution in [3.8, 4) is 5.82 Å². The Morgan fingerprint density at radius 2 is 1.62 bits per heavy atom. The van der Waals surface area contributed by atoms with Crippen LogP contribution in [0.15, 0.2) is 61.3 Å². The van der Waals surface area contributed by atoms with Gasteiger partial charge in [0, 0.05) is 5.69 Å². The summed E-state index contributed by atoms with van der Waals surface area (Å²) in [5.41, 5.74) is 1.74. The molecule has 0 saturated carbocycles. The second kappa shape index (κ2) is 6.10. The number of para-hydroxylation sites is 1. The van der Waals surface area contributed by atoms with E-state index in [2.05, 4.69) is 25.8 Å². The van der Waals surface area contributed by atoms with Gasteiger partial charge in [-0.1, -0.05) is 18.2 Å². The van der Waals surface area contributed by atoms with Crippen molar-refractivity contribution in [2.45, 2.75) is 0 Å². The molecule has 6 nitrogen and oxygen atoms in total. The lowest BCUT2D eigenvalue weighted by Crippen LogP contribution is -2.19. The molecule has 0 saturated heterocycles. The average Bonchev–Trinajstić information content (AvgIpc) is 3.03. The first-order chi connectivity index (χ1) is 10.3. The predicted molar refractivity (Wildman–Crippen MR) is 85.4 cm³/mol. The number of nitrogens with one attached hydrogen (secondary N) is 2. The third-order valence-electron chi connectivity index (χ3n) is 2.72. The highest BCUT2D eigenvalue weighted by Crippen LogP contribution is 2.11. The lowest BCUT2D eigenvalue weighted by molar-refractivity contribution is 0.992. The molecule has 0 aliphatic rings. The summed E-state index contributed by atoms with van der Waals surface area (Å²) < 4.78 is 1.73. The van der Waals surface area contributed by atoms with Crippen molar-refractivity contribution in [1.82, 2.24) is 19.7 Å². The zero-order valence-corrected chi connectivity index (χ0v) is 11.8. The van der Waals surface area contributed by atoms with Crippen LogP contribution < -0.4 is 10.6 Å². The van der Waals surface area contributed by atoms with E-state index in [0.29, 0.717) is 5.11 Å². The second-order valence-electron chi connectivity index (χ2n) is 4.22. The van der Waals surface area contributed by atoms with Crippen LogP contribution in [0.1, 0.15) is 0 Å². The highest BCUT2D eigenvalue weighted by molar-refractivity contribution is 7.80. The number of thiocarbonyl (C=S) groups is 1. The standard InChI is InChI=1S/C14H12N6S/c21-14(18-11-4-2-1-3-5-11)19-12-6-7-13(15-8-12)20-9-16-17-10-20/h1-10H,(H2,18,19,21). The third kappa shape index (κ3) is 3.40. The number of hydrogen-bond acceptors (Lipinski definition) is 4. The molecule has 3 aromatic rings. The Kier molecular flexibility index (Phi) is 3.83. The molecule has 0 unspecified atom stereocenters. The van der Waals surface area contributed by atoms with Crippen molar-refractivity contribution in [2.75, 3.05) is 10.6 Å². The molecular weight excluding hydrogens is 284 g/mol. The lowest BCUT2D eigenvalue weighted by atomic mass is 10.3. The summed E-state index contributed by atoms with van der Waals surface area (Å²) >= 11 is 5.26. The van der Waals surface area contributed by atoms with Gasteiger partial charge < -0.3 is 10.6 Å². The Morgan fingerprint density at radius 3 is 2.29 bits per heavy atom. The number of hydrogen-bond donors (Lipinski definition) is 2. The molecule has 0 bridgehead atoms. The van der Waals surface area contributed by atoms with E-state index in [4.69, 9.17) is 12.2 Å². The minimum absolute atomic E-state index is 0.514. The van der Waals surface area contributed by atoms with Crippen LogP contribution in [0.2, 0.25) is 0 Å². The number of anilines is 2. The van der Waals surface area contributed by atoms with Crippen LogP contribution in [0, 0.1) is 0 Å². The number of nitrogens with zero attached hydrogens (tertiary/aromatic N) is 4. The minimum Gasteiger partial charge on any atom is -0.332 e. The zero-order chi connectivity index (χ0) is 14.5. The Labute approximate surface area is 126 Å². The lowest BCUT2D eigenvalue weighted by Gasteiger charge is -2.10. The fourth-order valence-corrected chi connectivity index (χ4v) is 1.98. The van der Waals surface area contributed by atoms with E-state index in [0.717, 1.165) is 17.2 Å². The maximum absolute atomic E-state index is 5.26. The summed E-state index contributed by atoms with van der Waals surface area (Å²) in [7, 11) is 0. The minimum atomic E-state index is 0.514. The summed E-state index contributed by atoms with van der Waals surface area (Å²) in [4.78, 5) is 4.31. The molecule has 2 heterocycles. The van der Waals surface area contributed by atoms with Crippen LogP contribution >= 0.6 is 12.2 Å². The first kappa shape index (κ1) is 13.2. The molecule has 21 heavy (non-hydrogen) atoms. The number of aromatic nitrogens is 4. The number of benzene rings is 1. The van der Waals surface area contributed by atoms with Gasteiger partial charge in [0.05, 0.1) is 11.9 Å². The van der Waals surface area contributed by atoms with Crippen molar-refractivity contribution < 1.29 is 0 Å². The summed E-state index contributed by atoms with van der Waals surface area (Å²) in [5.74, 6) is 0.743. The first-order valence-corrected chi connectivity index (χ1v) is 6.66. The van der Waals surface area contributed by atoms with Gasteiger partial charge in [0.15, 0.2) is 5.11 Å². The molecule has 3 rings (SSSR count). The maximum atomic E-state index is 5.26. The Bertz CT molecular complexity index is 709. The molecule has 0 fully saturated rings. The van der Waals surface area contributed by atoms with Crippen molar-refractivity contribution in [1.29, 1.82) is 0 Å². The maximum Gasteiger partial charge on any atom is 0.175 e. The van der Waals surface area contributed by atoms with E-state index in [1.54, 1.807) is 23.4 Å². The van der Waals surface area contributed by atoms with Crippen LogP contribution in [0.4, 0.5) is 11.4 Å². The summed E-state index contributed by atoms with van der Waals surface area (Å²) in [6.07, 6.45) is 4.89. The van der Waals surface area contributed by atoms with Crippen molar-refractivity contribution in [3.05, 3.63) is 61.3 Å². The highest BCUT2D eigenvalue weighted by Gasteiger charge is 2.01. The van der Waals surface area contributed by atoms with Gasteiger partial charge in [-0.25, -0.2) is 4.98 Å². The van der Waals surface area contributed by atoms with Gasteiger partial charge in [-0.2, -0.15) is 0 Å². The van der Waals surface area contributed by atoms with Gasteiger partial charge in [-0.15, -0.1) is 10.2 Å². The molecule has 1 aromatic carbocycles. The van der Waals surface area contributed by atoms with E-state index in [1.807, 2.05) is 42.5 Å². The number of rotatable bonds is 3. The van der Waals surface area contributed by atoms with Gasteiger partial charge in [0.25, 0.3) is 0 Å². The molecule has 2 aromatic heterocycles. The molecule has 0 spiro atoms. The predicted octanol–water partition coefficient (Wildman–Crippen LogP) is 2.47. The van der Waals surface area contributed by atoms with E-state index in [9.17, 15) is 0 Å². The quantitative estimate of drug-likeness (QED) is 0.724. The van der Waals surface area contributed by atoms with Crippen LogP contribution in [0.3, 0.4) is 0 Å². The molecule has 0 aliphatic carbocycles. The van der Waals surface area contributed by atoms with Gasteiger partial charge in [-0.05, 0) is 36.5 Å². The van der Waals surface area contributed by atoms with Crippen LogP contribution in [-0.2, 0) is 0 Å². The highest BCUT2D eigenvalue weighted by atomic mass is 32.1. The second-order valence-corrected chi connectivity index (χ2v) is 4.63. The van der Waals surface area contributed by atoms with E-state index < -0.39 is 0 Å².